The van der Waals surface area contributed by atoms with E-state index < -0.39 is 5.97 Å². The van der Waals surface area contributed by atoms with Crippen LogP contribution in [-0.2, 0) is 9.53 Å². The predicted octanol–water partition coefficient (Wildman–Crippen LogP) is 3.09. The van der Waals surface area contributed by atoms with E-state index in [0.717, 1.165) is 0 Å². The Bertz CT molecular complexity index is 398. The van der Waals surface area contributed by atoms with Crippen molar-refractivity contribution in [2.24, 2.45) is 0 Å². The van der Waals surface area contributed by atoms with Gasteiger partial charge in [0.05, 0.1) is 6.61 Å². The standard InChI is InChI=1S/C12H12BrFO3/c1-2-16-12(15)4-3-5-17-11-7-9(13)6-10(14)8-11/h3-4,6-8H,2,5H2,1H3/b4-3+. The molecule has 0 unspecified atom stereocenters. The number of rotatable bonds is 5. The van der Waals surface area contributed by atoms with Crippen LogP contribution in [-0.4, -0.2) is 19.2 Å². The summed E-state index contributed by atoms with van der Waals surface area (Å²) in [6, 6.07) is 4.24. The molecule has 3 nitrogen and oxygen atoms in total. The van der Waals surface area contributed by atoms with Crippen molar-refractivity contribution in [3.63, 3.8) is 0 Å². The first-order chi connectivity index (χ1) is 8.11. The van der Waals surface area contributed by atoms with Gasteiger partial charge in [0.25, 0.3) is 0 Å². The lowest BCUT2D eigenvalue weighted by Crippen LogP contribution is -2.01. The van der Waals surface area contributed by atoms with E-state index in [1.165, 1.54) is 24.3 Å². The van der Waals surface area contributed by atoms with Crippen molar-refractivity contribution in [1.29, 1.82) is 0 Å². The second-order valence-corrected chi connectivity index (χ2v) is 3.99. The number of hydrogen-bond donors (Lipinski definition) is 0. The number of hydrogen-bond acceptors (Lipinski definition) is 3. The minimum Gasteiger partial charge on any atom is -0.489 e. The maximum atomic E-state index is 13.0. The van der Waals surface area contributed by atoms with Crippen LogP contribution in [0.25, 0.3) is 0 Å². The maximum absolute atomic E-state index is 13.0. The van der Waals surface area contributed by atoms with E-state index >= 15 is 0 Å². The van der Waals surface area contributed by atoms with Gasteiger partial charge in [-0.2, -0.15) is 0 Å². The zero-order valence-electron chi connectivity index (χ0n) is 9.28. The largest absolute Gasteiger partial charge is 0.489 e. The molecule has 0 saturated carbocycles. The maximum Gasteiger partial charge on any atom is 0.330 e. The highest BCUT2D eigenvalue weighted by Crippen LogP contribution is 2.20. The molecule has 0 spiro atoms. The Morgan fingerprint density at radius 3 is 2.88 bits per heavy atom. The summed E-state index contributed by atoms with van der Waals surface area (Å²) in [6.07, 6.45) is 2.79. The van der Waals surface area contributed by atoms with Crippen molar-refractivity contribution in [1.82, 2.24) is 0 Å². The second kappa shape index (κ2) is 7.06. The first-order valence-corrected chi connectivity index (χ1v) is 5.83. The third-order valence-corrected chi connectivity index (χ3v) is 2.18. The van der Waals surface area contributed by atoms with E-state index in [-0.39, 0.29) is 12.4 Å². The van der Waals surface area contributed by atoms with Gasteiger partial charge in [0.2, 0.25) is 0 Å². The molecular formula is C12H12BrFO3. The fourth-order valence-electron chi connectivity index (χ4n) is 1.09. The minimum atomic E-state index is -0.420. The topological polar surface area (TPSA) is 35.5 Å². The predicted molar refractivity (Wildman–Crippen MR) is 65.4 cm³/mol. The van der Waals surface area contributed by atoms with Gasteiger partial charge < -0.3 is 9.47 Å². The fraction of sp³-hybridized carbons (Fsp3) is 0.250. The van der Waals surface area contributed by atoms with Crippen LogP contribution in [0.3, 0.4) is 0 Å². The van der Waals surface area contributed by atoms with E-state index in [1.54, 1.807) is 13.0 Å². The number of esters is 1. The van der Waals surface area contributed by atoms with Crippen LogP contribution < -0.4 is 4.74 Å². The Morgan fingerprint density at radius 2 is 2.24 bits per heavy atom. The highest BCUT2D eigenvalue weighted by atomic mass is 79.9. The van der Waals surface area contributed by atoms with Gasteiger partial charge in [0, 0.05) is 16.6 Å². The summed E-state index contributed by atoms with van der Waals surface area (Å²) < 4.78 is 23.5. The lowest BCUT2D eigenvalue weighted by Gasteiger charge is -2.03. The molecule has 0 heterocycles. The van der Waals surface area contributed by atoms with Gasteiger partial charge in [-0.1, -0.05) is 15.9 Å². The molecule has 0 saturated heterocycles. The molecular weight excluding hydrogens is 291 g/mol. The van der Waals surface area contributed by atoms with Crippen LogP contribution in [0.5, 0.6) is 5.75 Å². The third kappa shape index (κ3) is 5.49. The Kier molecular flexibility index (Phi) is 5.69. The lowest BCUT2D eigenvalue weighted by molar-refractivity contribution is -0.137. The molecule has 5 heteroatoms. The van der Waals surface area contributed by atoms with Crippen molar-refractivity contribution in [3.8, 4) is 5.75 Å². The summed E-state index contributed by atoms with van der Waals surface area (Å²) in [5, 5.41) is 0. The molecule has 1 aromatic carbocycles. The average molecular weight is 303 g/mol. The van der Waals surface area contributed by atoms with Crippen molar-refractivity contribution >= 4 is 21.9 Å². The molecule has 0 aliphatic carbocycles. The Balaban J connectivity index is 2.43. The van der Waals surface area contributed by atoms with Crippen LogP contribution >= 0.6 is 15.9 Å². The zero-order chi connectivity index (χ0) is 12.7. The van der Waals surface area contributed by atoms with E-state index in [1.807, 2.05) is 0 Å². The van der Waals surface area contributed by atoms with E-state index in [4.69, 9.17) is 4.74 Å². The molecule has 0 aliphatic rings. The number of carbonyl (C=O) groups excluding carboxylic acids is 1. The number of carbonyl (C=O) groups is 1. The van der Waals surface area contributed by atoms with Crippen molar-refractivity contribution < 1.29 is 18.7 Å². The van der Waals surface area contributed by atoms with Gasteiger partial charge in [-0.25, -0.2) is 9.18 Å². The molecule has 0 atom stereocenters. The lowest BCUT2D eigenvalue weighted by atomic mass is 10.3. The summed E-state index contributed by atoms with van der Waals surface area (Å²) in [6.45, 7) is 2.24. The molecule has 0 aliphatic heterocycles. The van der Waals surface area contributed by atoms with Crippen molar-refractivity contribution in [2.45, 2.75) is 6.92 Å². The molecule has 1 rings (SSSR count). The summed E-state index contributed by atoms with van der Waals surface area (Å²) >= 11 is 3.15. The van der Waals surface area contributed by atoms with Gasteiger partial charge in [-0.15, -0.1) is 0 Å². The van der Waals surface area contributed by atoms with E-state index in [2.05, 4.69) is 20.7 Å². The van der Waals surface area contributed by atoms with Gasteiger partial charge in [0.15, 0.2) is 0 Å². The van der Waals surface area contributed by atoms with Crippen LogP contribution in [0.2, 0.25) is 0 Å². The summed E-state index contributed by atoms with van der Waals surface area (Å²) in [5.74, 6) is -0.411. The van der Waals surface area contributed by atoms with Crippen LogP contribution in [0.15, 0.2) is 34.8 Å². The third-order valence-electron chi connectivity index (χ3n) is 1.72. The highest BCUT2D eigenvalue weighted by molar-refractivity contribution is 9.10. The van der Waals surface area contributed by atoms with Crippen LogP contribution in [0.1, 0.15) is 6.92 Å². The Labute approximate surface area is 107 Å². The number of ether oxygens (including phenoxy) is 2. The SMILES string of the molecule is CCOC(=O)/C=C/COc1cc(F)cc(Br)c1. The van der Waals surface area contributed by atoms with Gasteiger partial charge in [-0.3, -0.25) is 0 Å². The molecule has 0 aromatic heterocycles. The van der Waals surface area contributed by atoms with Gasteiger partial charge in [-0.05, 0) is 25.1 Å². The zero-order valence-corrected chi connectivity index (χ0v) is 10.9. The van der Waals surface area contributed by atoms with Crippen LogP contribution in [0, 0.1) is 5.82 Å². The summed E-state index contributed by atoms with van der Waals surface area (Å²) in [4.78, 5) is 10.9. The minimum absolute atomic E-state index is 0.175. The Hall–Kier alpha value is -1.36. The Morgan fingerprint density at radius 1 is 1.47 bits per heavy atom. The van der Waals surface area contributed by atoms with Crippen molar-refractivity contribution in [2.75, 3.05) is 13.2 Å². The monoisotopic (exact) mass is 302 g/mol. The fourth-order valence-corrected chi connectivity index (χ4v) is 1.54. The van der Waals surface area contributed by atoms with Crippen molar-refractivity contribution in [3.05, 3.63) is 40.6 Å². The van der Waals surface area contributed by atoms with Gasteiger partial charge >= 0.3 is 5.97 Å². The normalized spacial score (nSPS) is 10.5. The second-order valence-electron chi connectivity index (χ2n) is 3.07. The molecule has 92 valence electrons. The smallest absolute Gasteiger partial charge is 0.330 e. The summed E-state index contributed by atoms with van der Waals surface area (Å²) in [7, 11) is 0. The number of halogens is 2. The quantitative estimate of drug-likeness (QED) is 0.619. The van der Waals surface area contributed by atoms with E-state index in [9.17, 15) is 9.18 Å². The molecule has 17 heavy (non-hydrogen) atoms. The molecule has 0 amide bonds. The number of benzene rings is 1. The van der Waals surface area contributed by atoms with Gasteiger partial charge in [0.1, 0.15) is 18.2 Å². The van der Waals surface area contributed by atoms with E-state index in [0.29, 0.717) is 16.8 Å². The molecule has 0 radical (unpaired) electrons. The molecule has 0 N–H and O–H groups in total. The first kappa shape index (κ1) is 13.7. The molecule has 0 bridgehead atoms. The molecule has 1 aromatic rings. The first-order valence-electron chi connectivity index (χ1n) is 5.04. The summed E-state index contributed by atoms with van der Waals surface area (Å²) in [5.41, 5.74) is 0. The molecule has 0 fully saturated rings. The highest BCUT2D eigenvalue weighted by Gasteiger charge is 1.99. The van der Waals surface area contributed by atoms with Crippen LogP contribution in [0.4, 0.5) is 4.39 Å². The average Bonchev–Trinajstić information content (AvgIpc) is 2.23.